The van der Waals surface area contributed by atoms with Crippen molar-refractivity contribution < 1.29 is 0 Å². The lowest BCUT2D eigenvalue weighted by Gasteiger charge is -2.43. The van der Waals surface area contributed by atoms with E-state index in [4.69, 9.17) is 5.73 Å². The van der Waals surface area contributed by atoms with Crippen LogP contribution in [0.5, 0.6) is 0 Å². The highest BCUT2D eigenvalue weighted by molar-refractivity contribution is 5.51. The van der Waals surface area contributed by atoms with Crippen molar-refractivity contribution in [1.82, 2.24) is 4.98 Å². The number of aromatic nitrogens is 1. The van der Waals surface area contributed by atoms with Crippen molar-refractivity contribution in [1.29, 1.82) is 0 Å². The lowest BCUT2D eigenvalue weighted by molar-refractivity contribution is 0.235. The molecule has 0 radical (unpaired) electrons. The summed E-state index contributed by atoms with van der Waals surface area (Å²) in [7, 11) is 0. The molecule has 1 fully saturated rings. The second-order valence-electron chi connectivity index (χ2n) is 5.32. The third-order valence-electron chi connectivity index (χ3n) is 4.22. The van der Waals surface area contributed by atoms with Crippen LogP contribution in [0, 0.1) is 12.8 Å². The van der Waals surface area contributed by atoms with Gasteiger partial charge in [-0.3, -0.25) is 4.98 Å². The van der Waals surface area contributed by atoms with E-state index in [-0.39, 0.29) is 5.54 Å². The van der Waals surface area contributed by atoms with Gasteiger partial charge in [-0.1, -0.05) is 19.8 Å². The summed E-state index contributed by atoms with van der Waals surface area (Å²) >= 11 is 0. The van der Waals surface area contributed by atoms with Gasteiger partial charge in [0, 0.05) is 24.6 Å². The Hall–Kier alpha value is -1.09. The predicted octanol–water partition coefficient (Wildman–Crippen LogP) is 2.71. The summed E-state index contributed by atoms with van der Waals surface area (Å²) < 4.78 is 0. The summed E-state index contributed by atoms with van der Waals surface area (Å²) in [6, 6.07) is 2.05. The zero-order chi connectivity index (χ0) is 12.3. The van der Waals surface area contributed by atoms with E-state index in [0.29, 0.717) is 12.5 Å². The molecule has 1 aromatic rings. The molecule has 2 rings (SSSR count). The predicted molar refractivity (Wildman–Crippen MR) is 72.0 cm³/mol. The van der Waals surface area contributed by atoms with E-state index in [1.807, 2.05) is 18.5 Å². The maximum absolute atomic E-state index is 6.05. The molecule has 0 aromatic carbocycles. The van der Waals surface area contributed by atoms with Gasteiger partial charge in [0.2, 0.25) is 0 Å². The minimum Gasteiger partial charge on any atom is -0.378 e. The molecule has 1 aliphatic carbocycles. The van der Waals surface area contributed by atoms with Crippen LogP contribution in [0.15, 0.2) is 18.5 Å². The highest BCUT2D eigenvalue weighted by atomic mass is 15.0. The number of rotatable bonds is 3. The highest BCUT2D eigenvalue weighted by Gasteiger charge is 2.36. The summed E-state index contributed by atoms with van der Waals surface area (Å²) in [5.41, 5.74) is 8.49. The van der Waals surface area contributed by atoms with Crippen LogP contribution in [0.4, 0.5) is 5.69 Å². The zero-order valence-electron chi connectivity index (χ0n) is 10.9. The number of pyridine rings is 1. The Morgan fingerprint density at radius 1 is 1.53 bits per heavy atom. The number of hydrogen-bond donors (Lipinski definition) is 2. The largest absolute Gasteiger partial charge is 0.378 e. The molecule has 0 bridgehead atoms. The van der Waals surface area contributed by atoms with E-state index >= 15 is 0 Å². The van der Waals surface area contributed by atoms with Crippen molar-refractivity contribution in [2.45, 2.75) is 45.1 Å². The van der Waals surface area contributed by atoms with Crippen LogP contribution in [0.2, 0.25) is 0 Å². The molecule has 1 saturated carbocycles. The molecule has 0 spiro atoms. The maximum Gasteiger partial charge on any atom is 0.0521 e. The third kappa shape index (κ3) is 2.44. The zero-order valence-corrected chi connectivity index (χ0v) is 10.9. The number of hydrogen-bond acceptors (Lipinski definition) is 3. The van der Waals surface area contributed by atoms with Crippen LogP contribution in [-0.2, 0) is 0 Å². The Morgan fingerprint density at radius 2 is 2.35 bits per heavy atom. The molecule has 94 valence electrons. The Labute approximate surface area is 104 Å². The van der Waals surface area contributed by atoms with Crippen molar-refractivity contribution in [2.75, 3.05) is 11.9 Å². The first-order valence-corrected chi connectivity index (χ1v) is 6.57. The number of nitrogens with two attached hydrogens (primary N) is 1. The van der Waals surface area contributed by atoms with Gasteiger partial charge in [-0.05, 0) is 37.3 Å². The Balaban J connectivity index is 2.22. The summed E-state index contributed by atoms with van der Waals surface area (Å²) in [6.45, 7) is 5.11. The van der Waals surface area contributed by atoms with E-state index in [1.54, 1.807) is 0 Å². The third-order valence-corrected chi connectivity index (χ3v) is 4.22. The molecule has 0 saturated heterocycles. The topological polar surface area (TPSA) is 50.9 Å². The summed E-state index contributed by atoms with van der Waals surface area (Å²) in [4.78, 5) is 4.13. The Bertz CT molecular complexity index is 377. The number of nitrogens with one attached hydrogen (secondary N) is 1. The SMILES string of the molecule is Cc1cnccc1NC1(CN)CCCCC1C. The van der Waals surface area contributed by atoms with Gasteiger partial charge in [0.05, 0.1) is 5.54 Å². The molecule has 17 heavy (non-hydrogen) atoms. The van der Waals surface area contributed by atoms with Crippen molar-refractivity contribution in [3.8, 4) is 0 Å². The minimum absolute atomic E-state index is 0.0738. The monoisotopic (exact) mass is 233 g/mol. The molecule has 3 N–H and O–H groups in total. The van der Waals surface area contributed by atoms with Crippen molar-refractivity contribution >= 4 is 5.69 Å². The van der Waals surface area contributed by atoms with Gasteiger partial charge in [0.1, 0.15) is 0 Å². The fourth-order valence-corrected chi connectivity index (χ4v) is 2.84. The van der Waals surface area contributed by atoms with E-state index in [0.717, 1.165) is 0 Å². The van der Waals surface area contributed by atoms with Crippen LogP contribution >= 0.6 is 0 Å². The summed E-state index contributed by atoms with van der Waals surface area (Å²) in [5, 5.41) is 3.70. The highest BCUT2D eigenvalue weighted by Crippen LogP contribution is 2.36. The maximum atomic E-state index is 6.05. The average molecular weight is 233 g/mol. The fraction of sp³-hybridized carbons (Fsp3) is 0.643. The first kappa shape index (κ1) is 12.4. The molecule has 0 amide bonds. The van der Waals surface area contributed by atoms with Gasteiger partial charge in [-0.15, -0.1) is 0 Å². The molecule has 1 heterocycles. The van der Waals surface area contributed by atoms with Crippen molar-refractivity contribution in [2.24, 2.45) is 11.7 Å². The van der Waals surface area contributed by atoms with Gasteiger partial charge >= 0.3 is 0 Å². The van der Waals surface area contributed by atoms with Gasteiger partial charge in [-0.25, -0.2) is 0 Å². The van der Waals surface area contributed by atoms with Crippen molar-refractivity contribution in [3.63, 3.8) is 0 Å². The summed E-state index contributed by atoms with van der Waals surface area (Å²) in [6.07, 6.45) is 8.80. The standard InChI is InChI=1S/C14H23N3/c1-11-9-16-8-6-13(11)17-14(10-15)7-4-3-5-12(14)2/h6,8-9,12H,3-5,7,10,15H2,1-2H3,(H,16,17). The second kappa shape index (κ2) is 5.05. The Morgan fingerprint density at radius 3 is 3.00 bits per heavy atom. The van der Waals surface area contributed by atoms with Crippen LogP contribution in [0.3, 0.4) is 0 Å². The van der Waals surface area contributed by atoms with Crippen LogP contribution in [0.25, 0.3) is 0 Å². The van der Waals surface area contributed by atoms with E-state index in [1.165, 1.54) is 36.9 Å². The minimum atomic E-state index is 0.0738. The average Bonchev–Trinajstić information content (AvgIpc) is 2.35. The van der Waals surface area contributed by atoms with Gasteiger partial charge in [0.15, 0.2) is 0 Å². The second-order valence-corrected chi connectivity index (χ2v) is 5.32. The molecule has 2 unspecified atom stereocenters. The Kier molecular flexibility index (Phi) is 3.67. The lowest BCUT2D eigenvalue weighted by atomic mass is 9.73. The molecule has 2 atom stereocenters. The van der Waals surface area contributed by atoms with Crippen LogP contribution < -0.4 is 11.1 Å². The normalized spacial score (nSPS) is 29.0. The molecule has 0 aliphatic heterocycles. The van der Waals surface area contributed by atoms with E-state index < -0.39 is 0 Å². The molecule has 3 heteroatoms. The molecule has 1 aromatic heterocycles. The van der Waals surface area contributed by atoms with Crippen LogP contribution in [0.1, 0.15) is 38.2 Å². The lowest BCUT2D eigenvalue weighted by Crippen LogP contribution is -2.52. The smallest absolute Gasteiger partial charge is 0.0521 e. The quantitative estimate of drug-likeness (QED) is 0.844. The molecule has 3 nitrogen and oxygen atoms in total. The first-order valence-electron chi connectivity index (χ1n) is 6.57. The molecular formula is C14H23N3. The van der Waals surface area contributed by atoms with Crippen molar-refractivity contribution in [3.05, 3.63) is 24.0 Å². The van der Waals surface area contributed by atoms with E-state index in [9.17, 15) is 0 Å². The first-order chi connectivity index (χ1) is 8.18. The van der Waals surface area contributed by atoms with Gasteiger partial charge in [-0.2, -0.15) is 0 Å². The molecular weight excluding hydrogens is 210 g/mol. The number of aryl methyl sites for hydroxylation is 1. The fourth-order valence-electron chi connectivity index (χ4n) is 2.84. The number of nitrogens with zero attached hydrogens (tertiary/aromatic N) is 1. The van der Waals surface area contributed by atoms with E-state index in [2.05, 4.69) is 24.1 Å². The number of anilines is 1. The van der Waals surface area contributed by atoms with Crippen LogP contribution in [-0.4, -0.2) is 17.1 Å². The van der Waals surface area contributed by atoms with Gasteiger partial charge < -0.3 is 11.1 Å². The van der Waals surface area contributed by atoms with Gasteiger partial charge in [0.25, 0.3) is 0 Å². The molecule has 1 aliphatic rings. The summed E-state index contributed by atoms with van der Waals surface area (Å²) in [5.74, 6) is 0.633.